The minimum absolute atomic E-state index is 0.00775. The van der Waals surface area contributed by atoms with Crippen molar-refractivity contribution < 1.29 is 45.8 Å². The molecule has 16 heteroatoms. The molecule has 1 saturated carbocycles. The summed E-state index contributed by atoms with van der Waals surface area (Å²) in [5, 5.41) is 17.0. The standard InChI is InChI=1S/C37H35F6N5O5/c1-19-8-23-10-26(33(19)40)30(12-32(50)51)44-35(52)34(48-14-22(6-7-46-15-24(38)16-46)28(11-31(48)49)37(41,42)43)25-9-21(4-5-29(25)39)18-53-36-27(23)17-47(45-36)13-20-2-3-20/h4-5,8-11,14,17,20,24,30,34H,2-3,6-7,12-13,15-16,18H2,1H3,(H,44,52)(H,50,51)/t30-,34-/m1/s1. The molecule has 1 aliphatic carbocycles. The molecule has 0 spiro atoms. The maximum atomic E-state index is 16.0. The van der Waals surface area contributed by atoms with Gasteiger partial charge in [-0.25, -0.2) is 13.2 Å². The van der Waals surface area contributed by atoms with E-state index in [1.807, 2.05) is 0 Å². The average molecular weight is 744 g/mol. The molecule has 4 heterocycles. The highest BCUT2D eigenvalue weighted by molar-refractivity contribution is 5.85. The summed E-state index contributed by atoms with van der Waals surface area (Å²) in [5.41, 5.74) is -2.34. The van der Waals surface area contributed by atoms with Crippen LogP contribution in [0.5, 0.6) is 5.88 Å². The molecule has 53 heavy (non-hydrogen) atoms. The van der Waals surface area contributed by atoms with Gasteiger partial charge in [-0.15, -0.1) is 5.10 Å². The number of aliphatic carboxylic acids is 1. The second kappa shape index (κ2) is 14.0. The Morgan fingerprint density at radius 1 is 1.06 bits per heavy atom. The number of carboxylic acids is 1. The maximum Gasteiger partial charge on any atom is 0.416 e. The molecular formula is C37H35F6N5O5. The molecule has 3 aliphatic rings. The normalized spacial score (nSPS) is 19.5. The molecule has 1 amide bonds. The van der Waals surface area contributed by atoms with Crippen LogP contribution < -0.4 is 15.6 Å². The lowest BCUT2D eigenvalue weighted by Gasteiger charge is -2.34. The van der Waals surface area contributed by atoms with E-state index < -0.39 is 76.6 Å². The number of benzene rings is 2. The van der Waals surface area contributed by atoms with E-state index in [0.717, 1.165) is 25.1 Å². The summed E-state index contributed by atoms with van der Waals surface area (Å²) in [6, 6.07) is 3.27. The fourth-order valence-corrected chi connectivity index (χ4v) is 6.92. The highest BCUT2D eigenvalue weighted by Gasteiger charge is 2.38. The Hall–Kier alpha value is -5.12. The van der Waals surface area contributed by atoms with Gasteiger partial charge in [-0.3, -0.25) is 28.5 Å². The Morgan fingerprint density at radius 3 is 2.49 bits per heavy atom. The number of alkyl halides is 4. The molecule has 0 radical (unpaired) electrons. The lowest BCUT2D eigenvalue weighted by atomic mass is 9.94. The van der Waals surface area contributed by atoms with E-state index in [1.165, 1.54) is 31.2 Å². The van der Waals surface area contributed by atoms with Crippen molar-refractivity contribution in [2.24, 2.45) is 5.92 Å². The van der Waals surface area contributed by atoms with Crippen molar-refractivity contribution in [1.82, 2.24) is 24.6 Å². The Morgan fingerprint density at radius 2 is 1.81 bits per heavy atom. The molecule has 4 aromatic rings. The quantitative estimate of drug-likeness (QED) is 0.221. The third-order valence-corrected chi connectivity index (χ3v) is 9.87. The molecule has 7 rings (SSSR count). The van der Waals surface area contributed by atoms with Crippen molar-refractivity contribution in [3.63, 3.8) is 0 Å². The molecular weight excluding hydrogens is 708 g/mol. The van der Waals surface area contributed by atoms with E-state index in [9.17, 15) is 37.1 Å². The Balaban J connectivity index is 1.39. The van der Waals surface area contributed by atoms with E-state index in [-0.39, 0.29) is 49.7 Å². The molecule has 1 saturated heterocycles. The predicted octanol–water partition coefficient (Wildman–Crippen LogP) is 5.74. The van der Waals surface area contributed by atoms with Crippen LogP contribution in [0, 0.1) is 24.5 Å². The van der Waals surface area contributed by atoms with E-state index >= 15 is 8.78 Å². The highest BCUT2D eigenvalue weighted by Crippen LogP contribution is 2.38. The Labute approximate surface area is 299 Å². The fourth-order valence-electron chi connectivity index (χ4n) is 6.92. The number of amides is 1. The predicted molar refractivity (Wildman–Crippen MR) is 178 cm³/mol. The number of likely N-dealkylation sites (tertiary alicyclic amines) is 1. The molecule has 4 bridgehead atoms. The molecule has 2 aromatic carbocycles. The van der Waals surface area contributed by atoms with Crippen molar-refractivity contribution in [3.05, 3.63) is 104 Å². The third kappa shape index (κ3) is 7.68. The van der Waals surface area contributed by atoms with Crippen LogP contribution in [0.3, 0.4) is 0 Å². The van der Waals surface area contributed by atoms with Gasteiger partial charge in [-0.2, -0.15) is 13.2 Å². The number of pyridine rings is 1. The van der Waals surface area contributed by atoms with Crippen molar-refractivity contribution in [2.75, 3.05) is 19.6 Å². The number of nitrogens with one attached hydrogen (secondary N) is 1. The van der Waals surface area contributed by atoms with E-state index in [2.05, 4.69) is 10.4 Å². The SMILES string of the molecule is Cc1cc2cc(c1F)[C@@H](CC(=O)O)NC(=O)[C@H](n1cc(CCN3CC(F)C3)c(C(F)(F)F)cc1=O)c1cc(ccc1F)COc1nn(CC3CC3)cc1-2. The van der Waals surface area contributed by atoms with Gasteiger partial charge in [0, 0.05) is 55.8 Å². The number of hydrogen-bond acceptors (Lipinski definition) is 6. The van der Waals surface area contributed by atoms with E-state index in [1.54, 1.807) is 15.8 Å². The van der Waals surface area contributed by atoms with Crippen molar-refractivity contribution in [2.45, 2.75) is 70.2 Å². The maximum absolute atomic E-state index is 16.0. The van der Waals surface area contributed by atoms with Crippen LogP contribution in [-0.4, -0.2) is 62.0 Å². The number of carbonyl (C=O) groups excluding carboxylic acids is 1. The molecule has 10 nitrogen and oxygen atoms in total. The van der Waals surface area contributed by atoms with Crippen LogP contribution in [0.15, 0.2) is 53.6 Å². The van der Waals surface area contributed by atoms with Crippen LogP contribution in [-0.2, 0) is 35.3 Å². The number of ether oxygens (including phenoxy) is 1. The zero-order valence-corrected chi connectivity index (χ0v) is 28.4. The lowest BCUT2D eigenvalue weighted by molar-refractivity contribution is -0.139. The average Bonchev–Trinajstić information content (AvgIpc) is 3.80. The second-order valence-corrected chi connectivity index (χ2v) is 14.0. The first-order valence-corrected chi connectivity index (χ1v) is 17.1. The van der Waals surface area contributed by atoms with Crippen LogP contribution in [0.2, 0.25) is 0 Å². The fraction of sp³-hybridized carbons (Fsp3) is 0.405. The first-order chi connectivity index (χ1) is 25.1. The number of hydrogen-bond donors (Lipinski definition) is 2. The van der Waals surface area contributed by atoms with Crippen LogP contribution >= 0.6 is 0 Å². The molecule has 2 aliphatic heterocycles. The van der Waals surface area contributed by atoms with Gasteiger partial charge >= 0.3 is 12.1 Å². The summed E-state index contributed by atoms with van der Waals surface area (Å²) >= 11 is 0. The summed E-state index contributed by atoms with van der Waals surface area (Å²) in [6.07, 6.45) is -2.60. The molecule has 280 valence electrons. The molecule has 2 aromatic heterocycles. The number of aromatic nitrogens is 3. The first kappa shape index (κ1) is 36.2. The number of halogens is 6. The van der Waals surface area contributed by atoms with Crippen LogP contribution in [0.25, 0.3) is 11.1 Å². The molecule has 0 unspecified atom stereocenters. The smallest absolute Gasteiger partial charge is 0.416 e. The van der Waals surface area contributed by atoms with Gasteiger partial charge in [0.2, 0.25) is 11.8 Å². The number of carboxylic acid groups (broad SMARTS) is 1. The van der Waals surface area contributed by atoms with Gasteiger partial charge in [0.1, 0.15) is 30.5 Å². The van der Waals surface area contributed by atoms with Gasteiger partial charge in [-0.1, -0.05) is 6.07 Å². The van der Waals surface area contributed by atoms with Gasteiger partial charge in [0.15, 0.2) is 0 Å². The number of rotatable bonds is 8. The van der Waals surface area contributed by atoms with Gasteiger partial charge in [0.05, 0.1) is 23.6 Å². The van der Waals surface area contributed by atoms with Gasteiger partial charge < -0.3 is 15.2 Å². The van der Waals surface area contributed by atoms with Gasteiger partial charge in [0.25, 0.3) is 5.56 Å². The van der Waals surface area contributed by atoms with Crippen molar-refractivity contribution >= 4 is 11.9 Å². The summed E-state index contributed by atoms with van der Waals surface area (Å²) in [7, 11) is 0. The minimum atomic E-state index is -4.98. The zero-order chi connectivity index (χ0) is 37.8. The van der Waals surface area contributed by atoms with E-state index in [0.29, 0.717) is 39.8 Å². The number of aryl methyl sites for hydroxylation is 1. The van der Waals surface area contributed by atoms with Gasteiger partial charge in [-0.05, 0) is 78.6 Å². The lowest BCUT2D eigenvalue weighted by Crippen LogP contribution is -2.49. The summed E-state index contributed by atoms with van der Waals surface area (Å²) in [6.45, 7) is 1.91. The second-order valence-electron chi connectivity index (χ2n) is 14.0. The molecule has 2 fully saturated rings. The first-order valence-electron chi connectivity index (χ1n) is 17.1. The Bertz CT molecular complexity index is 2140. The number of fused-ring (bicyclic) bond motifs is 6. The van der Waals surface area contributed by atoms with Crippen LogP contribution in [0.1, 0.15) is 64.7 Å². The van der Waals surface area contributed by atoms with E-state index in [4.69, 9.17) is 4.74 Å². The number of nitrogens with zero attached hydrogens (tertiary/aromatic N) is 4. The number of carbonyl (C=O) groups is 2. The third-order valence-electron chi connectivity index (χ3n) is 9.87. The molecule has 2 atom stereocenters. The highest BCUT2D eigenvalue weighted by atomic mass is 19.4. The topological polar surface area (TPSA) is 119 Å². The van der Waals surface area contributed by atoms with Crippen LogP contribution in [0.4, 0.5) is 26.3 Å². The van der Waals surface area contributed by atoms with Crippen molar-refractivity contribution in [3.8, 4) is 17.0 Å². The largest absolute Gasteiger partial charge is 0.481 e. The minimum Gasteiger partial charge on any atom is -0.481 e. The summed E-state index contributed by atoms with van der Waals surface area (Å²) < 4.78 is 96.4. The monoisotopic (exact) mass is 743 g/mol. The Kier molecular flexibility index (Phi) is 9.59. The summed E-state index contributed by atoms with van der Waals surface area (Å²) in [4.78, 5) is 41.6. The van der Waals surface area contributed by atoms with Crippen molar-refractivity contribution in [1.29, 1.82) is 0 Å². The molecule has 2 N–H and O–H groups in total. The zero-order valence-electron chi connectivity index (χ0n) is 28.4. The summed E-state index contributed by atoms with van der Waals surface area (Å²) in [5.74, 6) is -3.86.